The first-order valence-electron chi connectivity index (χ1n) is 11.3. The standard InChI is InChI=1S/C24H29Cl2N5O2S/c1-31(2)23-21-5-3-4-6-22(21)29-24(30-23)27-14-16-7-9-17(10-8-16)15-28-34(32,33)20-12-18(25)11-19(26)13-20/h3-6,11-13,16-17,28H,7-10,14-15H2,1-2H3,(H,27,29,30). The Labute approximate surface area is 210 Å². The minimum absolute atomic E-state index is 0.0929. The number of nitrogens with one attached hydrogen (secondary N) is 2. The zero-order chi connectivity index (χ0) is 24.3. The van der Waals surface area contributed by atoms with Crippen LogP contribution in [0.4, 0.5) is 11.8 Å². The molecule has 0 unspecified atom stereocenters. The molecule has 2 aromatic carbocycles. The molecule has 0 bridgehead atoms. The van der Waals surface area contributed by atoms with Gasteiger partial charge in [-0.1, -0.05) is 35.3 Å². The summed E-state index contributed by atoms with van der Waals surface area (Å²) in [5.41, 5.74) is 0.917. The smallest absolute Gasteiger partial charge is 0.240 e. The predicted molar refractivity (Wildman–Crippen MR) is 139 cm³/mol. The van der Waals surface area contributed by atoms with E-state index in [1.807, 2.05) is 43.3 Å². The van der Waals surface area contributed by atoms with Gasteiger partial charge in [0.15, 0.2) is 0 Å². The number of nitrogens with zero attached hydrogens (tertiary/aromatic N) is 3. The SMILES string of the molecule is CN(C)c1nc(NCC2CCC(CNS(=O)(=O)c3cc(Cl)cc(Cl)c3)CC2)nc2ccccc12. The maximum absolute atomic E-state index is 12.6. The van der Waals surface area contributed by atoms with Gasteiger partial charge >= 0.3 is 0 Å². The second-order valence-corrected chi connectivity index (χ2v) is 11.6. The molecular weight excluding hydrogens is 493 g/mol. The van der Waals surface area contributed by atoms with Crippen molar-refractivity contribution in [2.24, 2.45) is 11.8 Å². The molecule has 1 fully saturated rings. The van der Waals surface area contributed by atoms with E-state index in [1.165, 1.54) is 18.2 Å². The summed E-state index contributed by atoms with van der Waals surface area (Å²) in [6.07, 6.45) is 3.98. The van der Waals surface area contributed by atoms with Gasteiger partial charge in [-0.25, -0.2) is 18.1 Å². The number of rotatable bonds is 8. The van der Waals surface area contributed by atoms with Gasteiger partial charge in [-0.05, 0) is 67.9 Å². The molecule has 4 rings (SSSR count). The van der Waals surface area contributed by atoms with Gasteiger partial charge < -0.3 is 10.2 Å². The highest BCUT2D eigenvalue weighted by Gasteiger charge is 2.24. The molecule has 0 aliphatic heterocycles. The van der Waals surface area contributed by atoms with Crippen LogP contribution in [0.15, 0.2) is 47.4 Å². The first kappa shape index (κ1) is 25.0. The monoisotopic (exact) mass is 521 g/mol. The Hall–Kier alpha value is -2.13. The quantitative estimate of drug-likeness (QED) is 0.423. The van der Waals surface area contributed by atoms with Gasteiger partial charge in [0.1, 0.15) is 5.82 Å². The topological polar surface area (TPSA) is 87.2 Å². The zero-order valence-electron chi connectivity index (χ0n) is 19.3. The van der Waals surface area contributed by atoms with Crippen LogP contribution in [-0.4, -0.2) is 45.6 Å². The van der Waals surface area contributed by atoms with Crippen molar-refractivity contribution in [2.75, 3.05) is 37.4 Å². The highest BCUT2D eigenvalue weighted by molar-refractivity contribution is 7.89. The van der Waals surface area contributed by atoms with E-state index >= 15 is 0 Å². The van der Waals surface area contributed by atoms with E-state index in [2.05, 4.69) is 15.0 Å². The van der Waals surface area contributed by atoms with E-state index in [-0.39, 0.29) is 4.90 Å². The molecule has 3 aromatic rings. The Bertz CT molecular complexity index is 1240. The van der Waals surface area contributed by atoms with E-state index in [0.717, 1.165) is 48.9 Å². The second-order valence-electron chi connectivity index (χ2n) is 9.01. The highest BCUT2D eigenvalue weighted by atomic mass is 35.5. The first-order chi connectivity index (χ1) is 16.2. The molecule has 182 valence electrons. The molecule has 1 aromatic heterocycles. The van der Waals surface area contributed by atoms with Crippen LogP contribution < -0.4 is 14.9 Å². The van der Waals surface area contributed by atoms with Crippen molar-refractivity contribution in [1.29, 1.82) is 0 Å². The van der Waals surface area contributed by atoms with Gasteiger partial charge in [-0.3, -0.25) is 0 Å². The lowest BCUT2D eigenvalue weighted by atomic mass is 9.82. The van der Waals surface area contributed by atoms with Crippen LogP contribution in [0, 0.1) is 11.8 Å². The number of aromatic nitrogens is 2. The van der Waals surface area contributed by atoms with Gasteiger partial charge in [0, 0.05) is 42.6 Å². The van der Waals surface area contributed by atoms with Crippen molar-refractivity contribution in [3.05, 3.63) is 52.5 Å². The molecule has 0 radical (unpaired) electrons. The fourth-order valence-corrected chi connectivity index (χ4v) is 6.19. The van der Waals surface area contributed by atoms with Crippen LogP contribution in [0.5, 0.6) is 0 Å². The summed E-state index contributed by atoms with van der Waals surface area (Å²) < 4.78 is 28.0. The molecule has 10 heteroatoms. The summed E-state index contributed by atoms with van der Waals surface area (Å²) >= 11 is 11.9. The fraction of sp³-hybridized carbons (Fsp3) is 0.417. The lowest BCUT2D eigenvalue weighted by molar-refractivity contribution is 0.284. The predicted octanol–water partition coefficient (Wildman–Crippen LogP) is 5.20. The Balaban J connectivity index is 1.29. The maximum atomic E-state index is 12.6. The Kier molecular flexibility index (Phi) is 7.82. The average Bonchev–Trinajstić information content (AvgIpc) is 2.81. The molecule has 0 amide bonds. The normalized spacial score (nSPS) is 18.7. The van der Waals surface area contributed by atoms with E-state index < -0.39 is 10.0 Å². The van der Waals surface area contributed by atoms with Crippen molar-refractivity contribution < 1.29 is 8.42 Å². The molecule has 0 spiro atoms. The third-order valence-corrected chi connectivity index (χ3v) is 8.07. The molecule has 1 aliphatic rings. The molecule has 0 atom stereocenters. The molecule has 1 heterocycles. The summed E-state index contributed by atoms with van der Waals surface area (Å²) in [4.78, 5) is 11.5. The lowest BCUT2D eigenvalue weighted by Crippen LogP contribution is -2.32. The van der Waals surface area contributed by atoms with E-state index in [0.29, 0.717) is 34.4 Å². The first-order valence-corrected chi connectivity index (χ1v) is 13.6. The summed E-state index contributed by atoms with van der Waals surface area (Å²) in [6.45, 7) is 1.21. The van der Waals surface area contributed by atoms with Gasteiger partial charge in [0.25, 0.3) is 0 Å². The number of fused-ring (bicyclic) bond motifs is 1. The summed E-state index contributed by atoms with van der Waals surface area (Å²) in [5, 5.41) is 5.05. The number of sulfonamides is 1. The zero-order valence-corrected chi connectivity index (χ0v) is 21.6. The molecule has 0 saturated heterocycles. The maximum Gasteiger partial charge on any atom is 0.240 e. The van der Waals surface area contributed by atoms with Gasteiger partial charge in [-0.15, -0.1) is 0 Å². The molecule has 2 N–H and O–H groups in total. The van der Waals surface area contributed by atoms with Gasteiger partial charge in [0.2, 0.25) is 16.0 Å². The van der Waals surface area contributed by atoms with Crippen molar-refractivity contribution in [3.63, 3.8) is 0 Å². The van der Waals surface area contributed by atoms with Crippen LogP contribution in [0.2, 0.25) is 10.0 Å². The number of anilines is 2. The number of hydrogen-bond acceptors (Lipinski definition) is 6. The minimum Gasteiger partial charge on any atom is -0.362 e. The molecule has 1 saturated carbocycles. The summed E-state index contributed by atoms with van der Waals surface area (Å²) in [5.74, 6) is 2.33. The Morgan fingerprint density at radius 3 is 2.21 bits per heavy atom. The van der Waals surface area contributed by atoms with Crippen LogP contribution in [-0.2, 0) is 10.0 Å². The lowest BCUT2D eigenvalue weighted by Gasteiger charge is -2.28. The van der Waals surface area contributed by atoms with E-state index in [9.17, 15) is 8.42 Å². The fourth-order valence-electron chi connectivity index (χ4n) is 4.35. The Morgan fingerprint density at radius 2 is 1.56 bits per heavy atom. The molecule has 7 nitrogen and oxygen atoms in total. The number of para-hydroxylation sites is 1. The van der Waals surface area contributed by atoms with Crippen LogP contribution in [0.3, 0.4) is 0 Å². The average molecular weight is 523 g/mol. The van der Waals surface area contributed by atoms with Crippen LogP contribution >= 0.6 is 23.2 Å². The Morgan fingerprint density at radius 1 is 0.941 bits per heavy atom. The molecule has 1 aliphatic carbocycles. The number of benzene rings is 2. The third kappa shape index (κ3) is 6.10. The number of hydrogen-bond donors (Lipinski definition) is 2. The third-order valence-electron chi connectivity index (χ3n) is 6.23. The summed E-state index contributed by atoms with van der Waals surface area (Å²) in [6, 6.07) is 12.3. The van der Waals surface area contributed by atoms with Crippen LogP contribution in [0.25, 0.3) is 10.9 Å². The minimum atomic E-state index is -3.65. The summed E-state index contributed by atoms with van der Waals surface area (Å²) in [7, 11) is 0.317. The largest absolute Gasteiger partial charge is 0.362 e. The van der Waals surface area contributed by atoms with Crippen molar-refractivity contribution in [3.8, 4) is 0 Å². The van der Waals surface area contributed by atoms with E-state index in [4.69, 9.17) is 28.2 Å². The molecule has 34 heavy (non-hydrogen) atoms. The van der Waals surface area contributed by atoms with Crippen molar-refractivity contribution in [2.45, 2.75) is 30.6 Å². The number of halogens is 2. The van der Waals surface area contributed by atoms with Gasteiger partial charge in [0.05, 0.1) is 10.4 Å². The molecular formula is C24H29Cl2N5O2S. The van der Waals surface area contributed by atoms with Crippen LogP contribution in [0.1, 0.15) is 25.7 Å². The highest BCUT2D eigenvalue weighted by Crippen LogP contribution is 2.30. The van der Waals surface area contributed by atoms with Gasteiger partial charge in [-0.2, -0.15) is 4.98 Å². The second kappa shape index (κ2) is 10.6. The van der Waals surface area contributed by atoms with Crippen molar-refractivity contribution in [1.82, 2.24) is 14.7 Å². The van der Waals surface area contributed by atoms with Crippen molar-refractivity contribution >= 4 is 55.9 Å². The van der Waals surface area contributed by atoms with E-state index in [1.54, 1.807) is 0 Å².